The summed E-state index contributed by atoms with van der Waals surface area (Å²) in [6.07, 6.45) is 7.86. The topological polar surface area (TPSA) is 8.17 Å². The van der Waals surface area contributed by atoms with Gasteiger partial charge in [0.25, 0.3) is 0 Å². The van der Waals surface area contributed by atoms with Gasteiger partial charge in [0.1, 0.15) is 0 Å². The molecule has 0 amide bonds. The zero-order chi connectivity index (χ0) is 29.0. The minimum absolute atomic E-state index is 0.348. The Labute approximate surface area is 257 Å². The fourth-order valence-electron chi connectivity index (χ4n) is 7.44. The molecule has 1 aromatic heterocycles. The third-order valence-corrected chi connectivity index (χ3v) is 9.30. The smallest absolute Gasteiger partial charge is 0.0616 e. The minimum atomic E-state index is 0.348. The molecule has 0 saturated heterocycles. The van der Waals surface area contributed by atoms with Gasteiger partial charge >= 0.3 is 0 Å². The van der Waals surface area contributed by atoms with E-state index in [4.69, 9.17) is 0 Å². The van der Waals surface area contributed by atoms with E-state index in [0.717, 1.165) is 6.42 Å². The van der Waals surface area contributed by atoms with Gasteiger partial charge in [-0.05, 0) is 47.9 Å². The molecule has 1 atom stereocenters. The average molecular weight is 563 g/mol. The first kappa shape index (κ1) is 24.9. The monoisotopic (exact) mass is 562 g/mol. The molecule has 9 rings (SSSR count). The highest BCUT2D eigenvalue weighted by molar-refractivity contribution is 6.10. The zero-order valence-electron chi connectivity index (χ0n) is 24.3. The van der Waals surface area contributed by atoms with Crippen LogP contribution in [-0.2, 0) is 0 Å². The Hall–Kier alpha value is -5.60. The Morgan fingerprint density at radius 2 is 1.11 bits per heavy atom. The predicted molar refractivity (Wildman–Crippen MR) is 185 cm³/mol. The van der Waals surface area contributed by atoms with Crippen molar-refractivity contribution in [3.8, 4) is 27.9 Å². The number of anilines is 2. The lowest BCUT2D eigenvalue weighted by molar-refractivity contribution is 0.820. The summed E-state index contributed by atoms with van der Waals surface area (Å²) in [5.74, 6) is 0.348. The van der Waals surface area contributed by atoms with Crippen LogP contribution in [0.25, 0.3) is 49.7 Å². The molecule has 2 heterocycles. The molecular weight excluding hydrogens is 532 g/mol. The summed E-state index contributed by atoms with van der Waals surface area (Å²) in [6, 6.07) is 53.1. The van der Waals surface area contributed by atoms with Crippen molar-refractivity contribution >= 4 is 33.2 Å². The van der Waals surface area contributed by atoms with Gasteiger partial charge in [-0.2, -0.15) is 0 Å². The van der Waals surface area contributed by atoms with Crippen molar-refractivity contribution in [2.45, 2.75) is 12.3 Å². The summed E-state index contributed by atoms with van der Waals surface area (Å²) in [5.41, 5.74) is 13.7. The van der Waals surface area contributed by atoms with Crippen LogP contribution in [0.2, 0.25) is 0 Å². The largest absolute Gasteiger partial charge is 0.312 e. The number of fused-ring (bicyclic) bond motifs is 6. The number of para-hydroxylation sites is 5. The molecule has 0 fully saturated rings. The third-order valence-electron chi connectivity index (χ3n) is 9.30. The summed E-state index contributed by atoms with van der Waals surface area (Å²) in [6.45, 7) is 0. The van der Waals surface area contributed by atoms with Crippen LogP contribution in [0.3, 0.4) is 0 Å². The Morgan fingerprint density at radius 1 is 0.500 bits per heavy atom. The van der Waals surface area contributed by atoms with Crippen molar-refractivity contribution in [1.29, 1.82) is 0 Å². The number of hydrogen-bond acceptors (Lipinski definition) is 1. The van der Waals surface area contributed by atoms with Gasteiger partial charge in [0, 0.05) is 44.8 Å². The molecule has 0 saturated carbocycles. The lowest BCUT2D eigenvalue weighted by atomic mass is 9.91. The summed E-state index contributed by atoms with van der Waals surface area (Å²) < 4.78 is 2.45. The number of benzene rings is 6. The molecule has 1 unspecified atom stereocenters. The molecule has 0 N–H and O–H groups in total. The van der Waals surface area contributed by atoms with E-state index in [-0.39, 0.29) is 0 Å². The summed E-state index contributed by atoms with van der Waals surface area (Å²) in [5, 5.41) is 2.54. The second-order valence-electron chi connectivity index (χ2n) is 11.7. The second-order valence-corrected chi connectivity index (χ2v) is 11.7. The molecular formula is C42H30N2. The van der Waals surface area contributed by atoms with Crippen molar-refractivity contribution < 1.29 is 0 Å². The van der Waals surface area contributed by atoms with E-state index in [1.165, 1.54) is 72.4 Å². The maximum Gasteiger partial charge on any atom is 0.0616 e. The number of nitrogens with zero attached hydrogens (tertiary/aromatic N) is 2. The summed E-state index contributed by atoms with van der Waals surface area (Å²) >= 11 is 0. The molecule has 44 heavy (non-hydrogen) atoms. The second kappa shape index (κ2) is 10.00. The molecule has 1 aliphatic carbocycles. The molecule has 0 bridgehead atoms. The first-order valence-corrected chi connectivity index (χ1v) is 15.4. The van der Waals surface area contributed by atoms with Crippen LogP contribution in [0.4, 0.5) is 11.4 Å². The Morgan fingerprint density at radius 3 is 1.91 bits per heavy atom. The van der Waals surface area contributed by atoms with Crippen LogP contribution in [0.1, 0.15) is 17.9 Å². The van der Waals surface area contributed by atoms with Crippen molar-refractivity contribution in [1.82, 2.24) is 4.57 Å². The van der Waals surface area contributed by atoms with Crippen LogP contribution >= 0.6 is 0 Å². The van der Waals surface area contributed by atoms with E-state index >= 15 is 0 Å². The first-order valence-electron chi connectivity index (χ1n) is 15.4. The molecule has 2 aliphatic rings. The van der Waals surface area contributed by atoms with E-state index in [2.05, 4.69) is 173 Å². The first-order chi connectivity index (χ1) is 21.9. The molecule has 208 valence electrons. The van der Waals surface area contributed by atoms with Crippen molar-refractivity contribution in [3.05, 3.63) is 175 Å². The maximum absolute atomic E-state index is 2.55. The van der Waals surface area contributed by atoms with E-state index < -0.39 is 0 Å². The normalized spacial score (nSPS) is 15.4. The molecule has 0 radical (unpaired) electrons. The van der Waals surface area contributed by atoms with E-state index in [0.29, 0.717) is 5.92 Å². The summed E-state index contributed by atoms with van der Waals surface area (Å²) in [7, 11) is 0. The molecule has 7 aromatic rings. The van der Waals surface area contributed by atoms with Gasteiger partial charge in [-0.15, -0.1) is 0 Å². The van der Waals surface area contributed by atoms with Crippen LogP contribution in [-0.4, -0.2) is 4.57 Å². The van der Waals surface area contributed by atoms with Gasteiger partial charge in [-0.1, -0.05) is 133 Å². The van der Waals surface area contributed by atoms with Crippen LogP contribution < -0.4 is 4.90 Å². The lowest BCUT2D eigenvalue weighted by Gasteiger charge is -2.30. The Kier molecular flexibility index (Phi) is 5.67. The van der Waals surface area contributed by atoms with Crippen molar-refractivity contribution in [2.75, 3.05) is 4.90 Å². The van der Waals surface area contributed by atoms with Gasteiger partial charge in [-0.25, -0.2) is 0 Å². The Bertz CT molecular complexity index is 2210. The molecule has 2 nitrogen and oxygen atoms in total. The SMILES string of the molecule is C1=CCC2C(=C1)N(c1c(-c3ccccc3)cccc1-c1ccccc1-n1c3ccccc3c3ccccc31)c1ccccc12. The average Bonchev–Trinajstić information content (AvgIpc) is 3.61. The molecule has 6 aromatic carbocycles. The predicted octanol–water partition coefficient (Wildman–Crippen LogP) is 11.2. The minimum Gasteiger partial charge on any atom is -0.312 e. The van der Waals surface area contributed by atoms with Crippen LogP contribution in [0, 0.1) is 0 Å². The molecule has 1 aliphatic heterocycles. The van der Waals surface area contributed by atoms with Crippen LogP contribution in [0.15, 0.2) is 170 Å². The van der Waals surface area contributed by atoms with Gasteiger partial charge in [0.05, 0.1) is 22.4 Å². The Balaban J connectivity index is 1.38. The molecule has 2 heteroatoms. The number of aromatic nitrogens is 1. The van der Waals surface area contributed by atoms with Gasteiger partial charge in [0.15, 0.2) is 0 Å². The van der Waals surface area contributed by atoms with Gasteiger partial charge in [-0.3, -0.25) is 0 Å². The van der Waals surface area contributed by atoms with Crippen molar-refractivity contribution in [3.63, 3.8) is 0 Å². The lowest BCUT2D eigenvalue weighted by Crippen LogP contribution is -2.17. The highest BCUT2D eigenvalue weighted by Gasteiger charge is 2.37. The molecule has 0 spiro atoms. The van der Waals surface area contributed by atoms with Crippen molar-refractivity contribution in [2.24, 2.45) is 0 Å². The standard InChI is InChI=1S/C42H30N2/c1-2-15-29(16-3-1)30-22-14-23-36(42(30)44-40-27-12-6-19-33(40)34-20-7-13-28-41(34)44)35-21-8-11-26-39(35)43-37-24-9-4-17-31(37)32-18-5-10-25-38(32)43/h1-19,21-28,34H,20H2. The highest BCUT2D eigenvalue weighted by Crippen LogP contribution is 2.55. The fraction of sp³-hybridized carbons (Fsp3) is 0.0476. The number of allylic oxidation sites excluding steroid dienone is 4. The van der Waals surface area contributed by atoms with E-state index in [1.807, 2.05) is 0 Å². The van der Waals surface area contributed by atoms with E-state index in [1.54, 1.807) is 0 Å². The highest BCUT2D eigenvalue weighted by atomic mass is 15.2. The van der Waals surface area contributed by atoms with Gasteiger partial charge < -0.3 is 9.47 Å². The number of hydrogen-bond donors (Lipinski definition) is 0. The summed E-state index contributed by atoms with van der Waals surface area (Å²) in [4.78, 5) is 2.55. The van der Waals surface area contributed by atoms with Gasteiger partial charge in [0.2, 0.25) is 0 Å². The van der Waals surface area contributed by atoms with E-state index in [9.17, 15) is 0 Å². The maximum atomic E-state index is 2.55. The number of rotatable bonds is 4. The third kappa shape index (κ3) is 3.68. The fourth-order valence-corrected chi connectivity index (χ4v) is 7.44. The quantitative estimate of drug-likeness (QED) is 0.207. The van der Waals surface area contributed by atoms with Crippen LogP contribution in [0.5, 0.6) is 0 Å². The zero-order valence-corrected chi connectivity index (χ0v) is 24.3.